The Morgan fingerprint density at radius 3 is 2.80 bits per heavy atom. The van der Waals surface area contributed by atoms with Crippen LogP contribution in [0.4, 0.5) is 20.8 Å². The molecule has 5 aliphatic rings. The van der Waals surface area contributed by atoms with Gasteiger partial charge in [-0.25, -0.2) is 19.2 Å². The van der Waals surface area contributed by atoms with Gasteiger partial charge in [0.15, 0.2) is 18.2 Å². The van der Waals surface area contributed by atoms with Crippen molar-refractivity contribution in [2.24, 2.45) is 0 Å². The van der Waals surface area contributed by atoms with E-state index < -0.39 is 18.0 Å². The lowest BCUT2D eigenvalue weighted by molar-refractivity contribution is -0.156. The van der Waals surface area contributed by atoms with Crippen molar-refractivity contribution in [1.82, 2.24) is 20.3 Å². The molecule has 2 amide bonds. The van der Waals surface area contributed by atoms with Gasteiger partial charge in [-0.3, -0.25) is 9.78 Å². The third-order valence-electron chi connectivity index (χ3n) is 9.47. The summed E-state index contributed by atoms with van der Waals surface area (Å²) in [6.07, 6.45) is 4.16. The minimum atomic E-state index is -1.12. The molecule has 3 aromatic heterocycles. The Balaban J connectivity index is 1.01. The van der Waals surface area contributed by atoms with Gasteiger partial charge in [0.1, 0.15) is 24.3 Å². The standard InChI is InChI=1S/C30H33FN6O7/c1-37(23-4-3-21-27(34-23)35-24(38)15-42-21)29-8-10-30(11-9-29,44-16-29)7-6-17-18(31)12-32-19-2-5-25(36-26(17)19)43-14-22-20(13-41-22)33-28(39)40/h2-5,12,20,22,33H,6-11,13-16H2,1H3,(H,39,40)(H,34,35,38)/t20-,22+,29?,30?/m0/s1. The summed E-state index contributed by atoms with van der Waals surface area (Å²) in [5.74, 6) is 1.35. The Morgan fingerprint density at radius 1 is 1.23 bits per heavy atom. The largest absolute Gasteiger partial charge is 0.480 e. The average Bonchev–Trinajstić information content (AvgIpc) is 3.03. The number of aromatic nitrogens is 3. The highest BCUT2D eigenvalue weighted by Gasteiger charge is 2.52. The number of carboxylic acid groups (broad SMARTS) is 1. The average molecular weight is 609 g/mol. The third kappa shape index (κ3) is 5.21. The fraction of sp³-hybridized carbons (Fsp3) is 0.500. The third-order valence-corrected chi connectivity index (χ3v) is 9.47. The molecule has 1 aliphatic carbocycles. The second kappa shape index (κ2) is 11.0. The number of hydrogen-bond acceptors (Lipinski definition) is 10. The van der Waals surface area contributed by atoms with E-state index in [0.29, 0.717) is 47.6 Å². The summed E-state index contributed by atoms with van der Waals surface area (Å²) < 4.78 is 38.4. The molecular weight excluding hydrogens is 575 g/mol. The van der Waals surface area contributed by atoms with Crippen molar-refractivity contribution in [1.29, 1.82) is 0 Å². The van der Waals surface area contributed by atoms with E-state index in [-0.39, 0.29) is 48.8 Å². The maximum absolute atomic E-state index is 15.2. The summed E-state index contributed by atoms with van der Waals surface area (Å²) in [6.45, 7) is 0.893. The maximum Gasteiger partial charge on any atom is 0.405 e. The zero-order valence-electron chi connectivity index (χ0n) is 24.2. The van der Waals surface area contributed by atoms with Crippen LogP contribution >= 0.6 is 0 Å². The van der Waals surface area contributed by atoms with Crippen LogP contribution in [0.2, 0.25) is 0 Å². The number of hydrogen-bond donors (Lipinski definition) is 3. The summed E-state index contributed by atoms with van der Waals surface area (Å²) in [6, 6.07) is 6.77. The van der Waals surface area contributed by atoms with Gasteiger partial charge in [-0.05, 0) is 56.7 Å². The molecule has 13 nitrogen and oxygen atoms in total. The van der Waals surface area contributed by atoms with Crippen molar-refractivity contribution in [2.45, 2.75) is 61.8 Å². The highest BCUT2D eigenvalue weighted by molar-refractivity contribution is 5.94. The van der Waals surface area contributed by atoms with E-state index in [2.05, 4.69) is 30.5 Å². The molecule has 2 bridgehead atoms. The van der Waals surface area contributed by atoms with Crippen LogP contribution in [0.1, 0.15) is 37.7 Å². The molecule has 14 heteroatoms. The number of carbonyl (C=O) groups is 2. The number of nitrogens with one attached hydrogen (secondary N) is 2. The molecule has 4 fully saturated rings. The monoisotopic (exact) mass is 608 g/mol. The van der Waals surface area contributed by atoms with Crippen LogP contribution in [-0.4, -0.2) is 88.8 Å². The van der Waals surface area contributed by atoms with Crippen molar-refractivity contribution in [3.05, 3.63) is 41.8 Å². The maximum atomic E-state index is 15.2. The number of likely N-dealkylation sites (N-methyl/N-ethyl adjacent to an activating group) is 1. The fourth-order valence-electron chi connectivity index (χ4n) is 6.59. The Morgan fingerprint density at radius 2 is 2.07 bits per heavy atom. The van der Waals surface area contributed by atoms with Crippen LogP contribution in [0.25, 0.3) is 11.0 Å². The van der Waals surface area contributed by atoms with Crippen molar-refractivity contribution in [3.8, 4) is 11.6 Å². The molecule has 4 aliphatic heterocycles. The molecule has 3 aromatic rings. The Hall–Kier alpha value is -4.30. The van der Waals surface area contributed by atoms with E-state index in [0.717, 1.165) is 31.5 Å². The van der Waals surface area contributed by atoms with Gasteiger partial charge in [0.2, 0.25) is 5.88 Å². The number of nitrogens with zero attached hydrogens (tertiary/aromatic N) is 4. The zero-order chi connectivity index (χ0) is 30.5. The minimum Gasteiger partial charge on any atom is -0.480 e. The van der Waals surface area contributed by atoms with E-state index in [4.69, 9.17) is 24.1 Å². The predicted octanol–water partition coefficient (Wildman–Crippen LogP) is 3.06. The van der Waals surface area contributed by atoms with E-state index in [9.17, 15) is 9.59 Å². The number of halogens is 1. The second-order valence-electron chi connectivity index (χ2n) is 11.9. The molecule has 3 saturated heterocycles. The molecule has 232 valence electrons. The summed E-state index contributed by atoms with van der Waals surface area (Å²) in [7, 11) is 2.01. The molecule has 7 heterocycles. The fourth-order valence-corrected chi connectivity index (χ4v) is 6.59. The highest BCUT2D eigenvalue weighted by Crippen LogP contribution is 2.49. The first-order chi connectivity index (χ1) is 21.2. The molecule has 44 heavy (non-hydrogen) atoms. The lowest BCUT2D eigenvalue weighted by Gasteiger charge is -2.56. The normalized spacial score (nSPS) is 27.1. The molecule has 2 atom stereocenters. The van der Waals surface area contributed by atoms with Gasteiger partial charge in [-0.15, -0.1) is 0 Å². The summed E-state index contributed by atoms with van der Waals surface area (Å²) >= 11 is 0. The van der Waals surface area contributed by atoms with Crippen LogP contribution in [0.5, 0.6) is 11.6 Å². The first-order valence-electron chi connectivity index (χ1n) is 14.7. The van der Waals surface area contributed by atoms with Gasteiger partial charge in [-0.1, -0.05) is 0 Å². The molecule has 0 aromatic carbocycles. The van der Waals surface area contributed by atoms with Crippen LogP contribution in [-0.2, 0) is 20.7 Å². The lowest BCUT2D eigenvalue weighted by Crippen LogP contribution is -2.62. The summed E-state index contributed by atoms with van der Waals surface area (Å²) in [5.41, 5.74) is 0.866. The number of fused-ring (bicyclic) bond motifs is 5. The number of anilines is 2. The molecule has 3 N–H and O–H groups in total. The van der Waals surface area contributed by atoms with Crippen molar-refractivity contribution in [3.63, 3.8) is 0 Å². The Bertz CT molecular complexity index is 1600. The smallest absolute Gasteiger partial charge is 0.405 e. The summed E-state index contributed by atoms with van der Waals surface area (Å²) in [4.78, 5) is 38.3. The molecular formula is C30H33FN6O7. The number of pyridine rings is 3. The van der Waals surface area contributed by atoms with Gasteiger partial charge in [0, 0.05) is 18.7 Å². The van der Waals surface area contributed by atoms with Crippen molar-refractivity contribution >= 4 is 34.7 Å². The highest BCUT2D eigenvalue weighted by atomic mass is 19.1. The number of ether oxygens (including phenoxy) is 4. The van der Waals surface area contributed by atoms with Crippen LogP contribution in [0, 0.1) is 5.82 Å². The van der Waals surface area contributed by atoms with E-state index in [1.54, 1.807) is 12.1 Å². The predicted molar refractivity (Wildman–Crippen MR) is 155 cm³/mol. The molecule has 0 unspecified atom stereocenters. The van der Waals surface area contributed by atoms with Crippen molar-refractivity contribution in [2.75, 3.05) is 43.7 Å². The molecule has 0 spiro atoms. The second-order valence-corrected chi connectivity index (χ2v) is 11.9. The Labute approximate surface area is 252 Å². The topological polar surface area (TPSA) is 157 Å². The number of rotatable bonds is 9. The van der Waals surface area contributed by atoms with Crippen molar-refractivity contribution < 1.29 is 38.0 Å². The summed E-state index contributed by atoms with van der Waals surface area (Å²) in [5, 5.41) is 14.1. The van der Waals surface area contributed by atoms with E-state index in [1.807, 2.05) is 19.2 Å². The van der Waals surface area contributed by atoms with Crippen LogP contribution < -0.4 is 25.0 Å². The first-order valence-corrected chi connectivity index (χ1v) is 14.7. The van der Waals surface area contributed by atoms with Gasteiger partial charge in [0.05, 0.1) is 47.6 Å². The van der Waals surface area contributed by atoms with Crippen LogP contribution in [0.15, 0.2) is 30.5 Å². The quantitative estimate of drug-likeness (QED) is 0.328. The molecule has 0 radical (unpaired) electrons. The van der Waals surface area contributed by atoms with Gasteiger partial charge in [0.25, 0.3) is 5.91 Å². The minimum absolute atomic E-state index is 0.0156. The molecule has 8 rings (SSSR count). The lowest BCUT2D eigenvalue weighted by atomic mass is 9.68. The number of aryl methyl sites for hydroxylation is 1. The van der Waals surface area contributed by atoms with Gasteiger partial charge in [-0.2, -0.15) is 0 Å². The zero-order valence-corrected chi connectivity index (χ0v) is 24.2. The number of amides is 2. The van der Waals surface area contributed by atoms with Gasteiger partial charge >= 0.3 is 6.09 Å². The SMILES string of the molecule is CN(c1ccc2c(n1)NC(=O)CO2)C12CCC(CCc3c(F)cnc4ccc(OC[C@H]5OC[C@@H]5NC(=O)O)nc34)(CC1)OC2. The van der Waals surface area contributed by atoms with Crippen LogP contribution in [0.3, 0.4) is 0 Å². The van der Waals surface area contributed by atoms with Gasteiger partial charge < -0.3 is 39.6 Å². The van der Waals surface area contributed by atoms with E-state index >= 15 is 4.39 Å². The molecule has 1 saturated carbocycles. The number of carbonyl (C=O) groups excluding carboxylic acids is 1. The van der Waals surface area contributed by atoms with E-state index in [1.165, 1.54) is 6.20 Å². The first kappa shape index (κ1) is 28.5. The Kier molecular flexibility index (Phi) is 7.12.